The number of nitrogens with one attached hydrogen (secondary N) is 1. The number of carbonyl (C=O) groups excluding carboxylic acids is 1. The molecule has 0 saturated heterocycles. The summed E-state index contributed by atoms with van der Waals surface area (Å²) in [6.07, 6.45) is 7.00. The van der Waals surface area contributed by atoms with Crippen molar-refractivity contribution in [2.45, 2.75) is 40.2 Å². The number of tetrazole rings is 1. The van der Waals surface area contributed by atoms with Crippen molar-refractivity contribution in [3.05, 3.63) is 100.0 Å². The largest absolute Gasteiger partial charge is 0.333 e. The Bertz CT molecular complexity index is 1610. The second kappa shape index (κ2) is 10.1. The fourth-order valence-corrected chi connectivity index (χ4v) is 4.66. The van der Waals surface area contributed by atoms with Gasteiger partial charge in [-0.3, -0.25) is 18.9 Å². The minimum Gasteiger partial charge on any atom is -0.294 e. The summed E-state index contributed by atoms with van der Waals surface area (Å²) in [5.74, 6) is 0.480. The van der Waals surface area contributed by atoms with Crippen molar-refractivity contribution < 1.29 is 4.79 Å². The molecule has 0 aliphatic rings. The van der Waals surface area contributed by atoms with Crippen LogP contribution in [0.2, 0.25) is 0 Å². The van der Waals surface area contributed by atoms with Gasteiger partial charge in [-0.2, -0.15) is 0 Å². The van der Waals surface area contributed by atoms with E-state index in [1.165, 1.54) is 6.92 Å². The van der Waals surface area contributed by atoms with E-state index in [1.807, 2.05) is 55.6 Å². The molecule has 1 N–H and O–H groups in total. The molecule has 0 saturated carbocycles. The average Bonchev–Trinajstić information content (AvgIpc) is 3.54. The van der Waals surface area contributed by atoms with Crippen LogP contribution in [0.5, 0.6) is 0 Å². The number of imidazole rings is 1. The van der Waals surface area contributed by atoms with Gasteiger partial charge in [0.2, 0.25) is 0 Å². The smallest absolute Gasteiger partial charge is 0.294 e. The summed E-state index contributed by atoms with van der Waals surface area (Å²) in [7, 11) is 0. The van der Waals surface area contributed by atoms with E-state index in [0.717, 1.165) is 46.4 Å². The normalized spacial score (nSPS) is 11.1. The van der Waals surface area contributed by atoms with E-state index in [9.17, 15) is 9.59 Å². The number of para-hydroxylation sites is 1. The average molecular weight is 494 g/mol. The summed E-state index contributed by atoms with van der Waals surface area (Å²) in [6.45, 7) is 5.97. The second-order valence-corrected chi connectivity index (χ2v) is 9.00. The van der Waals surface area contributed by atoms with Gasteiger partial charge in [-0.25, -0.2) is 9.89 Å². The number of aryl methyl sites for hydroxylation is 2. The van der Waals surface area contributed by atoms with Crippen LogP contribution >= 0.6 is 0 Å². The van der Waals surface area contributed by atoms with Crippen molar-refractivity contribution in [1.82, 2.24) is 34.7 Å². The van der Waals surface area contributed by atoms with Gasteiger partial charge in [-0.15, -0.1) is 5.10 Å². The lowest BCUT2D eigenvalue weighted by Gasteiger charge is -2.11. The number of hydrogen-bond donors (Lipinski definition) is 1. The SMILES string of the molecule is CCCc1cn(-c2c(C)cccc2C(C)=O)c(=O)n1Cc1ccc(-c2ccncc2-c2nnn[nH]2)cc1. The summed E-state index contributed by atoms with van der Waals surface area (Å²) < 4.78 is 3.42. The zero-order chi connectivity index (χ0) is 25.9. The molecule has 0 fully saturated rings. The quantitative estimate of drug-likeness (QED) is 0.321. The molecule has 3 aromatic heterocycles. The molecule has 9 heteroatoms. The molecule has 9 nitrogen and oxygen atoms in total. The van der Waals surface area contributed by atoms with E-state index < -0.39 is 0 Å². The molecule has 5 rings (SSSR count). The molecule has 0 amide bonds. The lowest BCUT2D eigenvalue weighted by atomic mass is 10.00. The lowest BCUT2D eigenvalue weighted by molar-refractivity contribution is 0.101. The highest BCUT2D eigenvalue weighted by molar-refractivity contribution is 5.98. The highest BCUT2D eigenvalue weighted by atomic mass is 16.2. The molecule has 0 aliphatic carbocycles. The van der Waals surface area contributed by atoms with Crippen LogP contribution in [0.15, 0.2) is 71.9 Å². The van der Waals surface area contributed by atoms with Gasteiger partial charge in [0.25, 0.3) is 0 Å². The van der Waals surface area contributed by atoms with Crippen LogP contribution in [-0.4, -0.2) is 40.5 Å². The van der Waals surface area contributed by atoms with Crippen molar-refractivity contribution in [3.8, 4) is 28.2 Å². The van der Waals surface area contributed by atoms with Crippen LogP contribution in [0.25, 0.3) is 28.2 Å². The summed E-state index contributed by atoms with van der Waals surface area (Å²) in [5.41, 5.74) is 6.60. The van der Waals surface area contributed by atoms with Crippen LogP contribution in [0.3, 0.4) is 0 Å². The monoisotopic (exact) mass is 493 g/mol. The second-order valence-electron chi connectivity index (χ2n) is 9.00. The zero-order valence-electron chi connectivity index (χ0n) is 21.0. The number of nitrogens with zero attached hydrogens (tertiary/aromatic N) is 6. The van der Waals surface area contributed by atoms with Crippen molar-refractivity contribution in [2.24, 2.45) is 0 Å². The van der Waals surface area contributed by atoms with Crippen LogP contribution in [0, 0.1) is 6.92 Å². The molecule has 0 atom stereocenters. The number of ketones is 1. The van der Waals surface area contributed by atoms with Gasteiger partial charge >= 0.3 is 5.69 Å². The Morgan fingerprint density at radius 1 is 1.05 bits per heavy atom. The predicted octanol–water partition coefficient (Wildman–Crippen LogP) is 4.39. The number of aromatic nitrogens is 7. The number of pyridine rings is 1. The summed E-state index contributed by atoms with van der Waals surface area (Å²) in [4.78, 5) is 30.2. The standard InChI is InChI=1S/C28H27N7O2/c1-4-6-22-17-35(26-18(2)7-5-8-23(26)19(3)36)28(37)34(22)16-20-9-11-21(12-10-20)24-13-14-29-15-25(24)27-30-32-33-31-27/h5,7-15,17H,4,6,16H2,1-3H3,(H,30,31,32,33). The van der Waals surface area contributed by atoms with Gasteiger partial charge in [-0.05, 0) is 65.1 Å². The first kappa shape index (κ1) is 24.1. The van der Waals surface area contributed by atoms with E-state index in [4.69, 9.17) is 0 Å². The van der Waals surface area contributed by atoms with Crippen LogP contribution in [-0.2, 0) is 13.0 Å². The molecule has 0 bridgehead atoms. The van der Waals surface area contributed by atoms with Gasteiger partial charge in [0.05, 0.1) is 12.2 Å². The highest BCUT2D eigenvalue weighted by Crippen LogP contribution is 2.29. The topological polar surface area (TPSA) is 111 Å². The minimum atomic E-state index is -0.154. The molecule has 186 valence electrons. The number of carbonyl (C=O) groups is 1. The number of Topliss-reactive ketones (excluding diaryl/α,β-unsaturated/α-hetero) is 1. The van der Waals surface area contributed by atoms with E-state index >= 15 is 0 Å². The predicted molar refractivity (Wildman–Crippen MR) is 141 cm³/mol. The molecule has 5 aromatic rings. The number of aromatic amines is 1. The van der Waals surface area contributed by atoms with E-state index in [-0.39, 0.29) is 11.5 Å². The van der Waals surface area contributed by atoms with Gasteiger partial charge in [0.15, 0.2) is 11.6 Å². The third kappa shape index (κ3) is 4.63. The number of hydrogen-bond acceptors (Lipinski definition) is 6. The maximum absolute atomic E-state index is 13.6. The van der Waals surface area contributed by atoms with Crippen molar-refractivity contribution in [3.63, 3.8) is 0 Å². The Kier molecular flexibility index (Phi) is 6.59. The van der Waals surface area contributed by atoms with Crippen molar-refractivity contribution >= 4 is 5.78 Å². The zero-order valence-corrected chi connectivity index (χ0v) is 21.0. The summed E-state index contributed by atoms with van der Waals surface area (Å²) in [6, 6.07) is 15.5. The molecule has 0 unspecified atom stereocenters. The molecule has 0 radical (unpaired) electrons. The van der Waals surface area contributed by atoms with Crippen LogP contribution in [0.1, 0.15) is 47.4 Å². The molecule has 37 heavy (non-hydrogen) atoms. The molecular formula is C28H27N7O2. The number of benzene rings is 2. The molecule has 3 heterocycles. The molecule has 2 aromatic carbocycles. The third-order valence-corrected chi connectivity index (χ3v) is 6.45. The third-order valence-electron chi connectivity index (χ3n) is 6.45. The van der Waals surface area contributed by atoms with E-state index in [1.54, 1.807) is 27.6 Å². The Hall–Kier alpha value is -4.66. The number of H-pyrrole nitrogens is 1. The van der Waals surface area contributed by atoms with Crippen molar-refractivity contribution in [1.29, 1.82) is 0 Å². The Balaban J connectivity index is 1.51. The number of rotatable bonds is 8. The van der Waals surface area contributed by atoms with Gasteiger partial charge < -0.3 is 0 Å². The van der Waals surface area contributed by atoms with Crippen LogP contribution in [0.4, 0.5) is 0 Å². The fourth-order valence-electron chi connectivity index (χ4n) is 4.66. The van der Waals surface area contributed by atoms with Gasteiger partial charge in [0.1, 0.15) is 0 Å². The van der Waals surface area contributed by atoms with Crippen molar-refractivity contribution in [2.75, 3.05) is 0 Å². The molecule has 0 spiro atoms. The summed E-state index contributed by atoms with van der Waals surface area (Å²) in [5, 5.41) is 14.1. The van der Waals surface area contributed by atoms with E-state index in [2.05, 4.69) is 32.5 Å². The van der Waals surface area contributed by atoms with Gasteiger partial charge in [0, 0.05) is 35.4 Å². The maximum atomic E-state index is 13.6. The minimum absolute atomic E-state index is 0.0671. The molecule has 0 aliphatic heterocycles. The first-order chi connectivity index (χ1) is 18.0. The lowest BCUT2D eigenvalue weighted by Crippen LogP contribution is -2.26. The van der Waals surface area contributed by atoms with E-state index in [0.29, 0.717) is 23.6 Å². The Morgan fingerprint density at radius 2 is 1.86 bits per heavy atom. The van der Waals surface area contributed by atoms with Crippen LogP contribution < -0.4 is 5.69 Å². The first-order valence-electron chi connectivity index (χ1n) is 12.2. The Labute approximate surface area is 213 Å². The first-order valence-corrected chi connectivity index (χ1v) is 12.2. The fraction of sp³-hybridized carbons (Fsp3) is 0.214. The maximum Gasteiger partial charge on any atom is 0.333 e. The Morgan fingerprint density at radius 3 is 2.57 bits per heavy atom. The van der Waals surface area contributed by atoms with Gasteiger partial charge in [-0.1, -0.05) is 49.7 Å². The molecular weight excluding hydrogens is 466 g/mol. The summed E-state index contributed by atoms with van der Waals surface area (Å²) >= 11 is 0. The highest BCUT2D eigenvalue weighted by Gasteiger charge is 2.18.